The van der Waals surface area contributed by atoms with Crippen molar-refractivity contribution in [2.75, 3.05) is 29.5 Å². The van der Waals surface area contributed by atoms with Crippen molar-refractivity contribution < 1.29 is 13.3 Å². The van der Waals surface area contributed by atoms with Gasteiger partial charge in [-0.15, -0.1) is 0 Å². The molecule has 146 valence electrons. The highest BCUT2D eigenvalue weighted by molar-refractivity contribution is 9.10. The molecule has 0 radical (unpaired) electrons. The first-order chi connectivity index (χ1) is 13.3. The summed E-state index contributed by atoms with van der Waals surface area (Å²) in [4.78, 5) is 13.3. The zero-order chi connectivity index (χ0) is 20.1. The Labute approximate surface area is 170 Å². The van der Waals surface area contributed by atoms with Crippen LogP contribution >= 0.6 is 15.9 Å². The second kappa shape index (κ2) is 6.89. The molecule has 0 unspecified atom stereocenters. The first-order valence-electron chi connectivity index (χ1n) is 8.75. The highest BCUT2D eigenvalue weighted by atomic mass is 79.9. The van der Waals surface area contributed by atoms with Gasteiger partial charge in [-0.05, 0) is 27.6 Å². The van der Waals surface area contributed by atoms with Gasteiger partial charge in [-0.2, -0.15) is 0 Å². The molecule has 0 saturated carbocycles. The number of benzene rings is 2. The zero-order valence-electron chi connectivity index (χ0n) is 15.1. The minimum atomic E-state index is -3.03. The zero-order valence-corrected chi connectivity index (χ0v) is 17.5. The summed E-state index contributed by atoms with van der Waals surface area (Å²) in [5.41, 5.74) is 3.01. The predicted octanol–water partition coefficient (Wildman–Crippen LogP) is 3.75. The summed E-state index contributed by atoms with van der Waals surface area (Å²) in [6.45, 7) is 0.669. The lowest BCUT2D eigenvalue weighted by Gasteiger charge is -2.28. The molecule has 0 N–H and O–H groups in total. The summed E-state index contributed by atoms with van der Waals surface area (Å²) in [6.07, 6.45) is 0. The summed E-state index contributed by atoms with van der Waals surface area (Å²) in [6, 6.07) is 13.1. The third kappa shape index (κ3) is 3.18. The first-order valence-corrected chi connectivity index (χ1v) is 11.4. The largest absolute Gasteiger partial charge is 0.369 e. The number of fused-ring (bicyclic) bond motifs is 1. The van der Waals surface area contributed by atoms with E-state index in [2.05, 4.69) is 15.9 Å². The van der Waals surface area contributed by atoms with Gasteiger partial charge in [0.05, 0.1) is 26.6 Å². The molecule has 1 fully saturated rings. The molecular weight excluding hydrogens is 446 g/mol. The fraction of sp³-hybridized carbons (Fsp3) is 0.263. The van der Waals surface area contributed by atoms with Gasteiger partial charge in [-0.1, -0.05) is 30.3 Å². The van der Waals surface area contributed by atoms with Crippen molar-refractivity contribution in [1.82, 2.24) is 4.57 Å². The Morgan fingerprint density at radius 3 is 2.36 bits per heavy atom. The number of nitrogens with zero attached hydrogens (tertiary/aromatic N) is 3. The van der Waals surface area contributed by atoms with Crippen molar-refractivity contribution in [3.05, 3.63) is 57.1 Å². The molecule has 7 nitrogen and oxygen atoms in total. The summed E-state index contributed by atoms with van der Waals surface area (Å²) < 4.78 is 26.1. The first kappa shape index (κ1) is 18.9. The number of nitro groups is 1. The van der Waals surface area contributed by atoms with Crippen molar-refractivity contribution >= 4 is 48.0 Å². The third-order valence-electron chi connectivity index (χ3n) is 5.14. The quantitative estimate of drug-likeness (QED) is 0.436. The molecule has 4 rings (SSSR count). The molecule has 0 spiro atoms. The van der Waals surface area contributed by atoms with E-state index in [1.165, 1.54) is 0 Å². The van der Waals surface area contributed by atoms with E-state index >= 15 is 0 Å². The molecule has 2 heterocycles. The third-order valence-corrected chi connectivity index (χ3v) is 7.56. The Bertz CT molecular complexity index is 1180. The van der Waals surface area contributed by atoms with Gasteiger partial charge in [0.15, 0.2) is 9.84 Å². The monoisotopic (exact) mass is 463 g/mol. The van der Waals surface area contributed by atoms with Crippen LogP contribution in [0.3, 0.4) is 0 Å². The van der Waals surface area contributed by atoms with Crippen LogP contribution in [0.4, 0.5) is 11.4 Å². The number of aryl methyl sites for hydroxylation is 1. The van der Waals surface area contributed by atoms with E-state index in [1.54, 1.807) is 6.07 Å². The Morgan fingerprint density at radius 1 is 1.11 bits per heavy atom. The normalized spacial score (nSPS) is 16.4. The molecule has 0 atom stereocenters. The van der Waals surface area contributed by atoms with Crippen LogP contribution in [-0.4, -0.2) is 42.5 Å². The molecule has 1 saturated heterocycles. The predicted molar refractivity (Wildman–Crippen MR) is 114 cm³/mol. The molecule has 28 heavy (non-hydrogen) atoms. The summed E-state index contributed by atoms with van der Waals surface area (Å²) in [7, 11) is -1.21. The molecule has 1 aromatic heterocycles. The lowest BCUT2D eigenvalue weighted by atomic mass is 10.1. The van der Waals surface area contributed by atoms with E-state index in [-0.39, 0.29) is 22.1 Å². The van der Waals surface area contributed by atoms with E-state index < -0.39 is 9.84 Å². The van der Waals surface area contributed by atoms with E-state index in [0.29, 0.717) is 24.3 Å². The number of anilines is 1. The molecule has 9 heteroatoms. The van der Waals surface area contributed by atoms with E-state index in [9.17, 15) is 18.5 Å². The van der Waals surface area contributed by atoms with Crippen LogP contribution < -0.4 is 4.90 Å². The van der Waals surface area contributed by atoms with Crippen molar-refractivity contribution in [2.24, 2.45) is 7.05 Å². The number of hydrogen-bond donors (Lipinski definition) is 0. The van der Waals surface area contributed by atoms with Crippen LogP contribution in [0.1, 0.15) is 0 Å². The van der Waals surface area contributed by atoms with Crippen molar-refractivity contribution in [3.63, 3.8) is 0 Å². The number of hydrogen-bond acceptors (Lipinski definition) is 5. The maximum Gasteiger partial charge on any atom is 0.295 e. The Morgan fingerprint density at radius 2 is 1.75 bits per heavy atom. The van der Waals surface area contributed by atoms with Gasteiger partial charge in [0.2, 0.25) is 0 Å². The number of aromatic nitrogens is 1. The maximum absolute atomic E-state index is 11.8. The van der Waals surface area contributed by atoms with Gasteiger partial charge < -0.3 is 9.47 Å². The minimum Gasteiger partial charge on any atom is -0.369 e. The molecule has 1 aliphatic heterocycles. The van der Waals surface area contributed by atoms with Crippen LogP contribution in [0.2, 0.25) is 0 Å². The fourth-order valence-corrected chi connectivity index (χ4v) is 5.72. The molecule has 0 aliphatic carbocycles. The Balaban J connectivity index is 1.92. The molecule has 3 aromatic rings. The van der Waals surface area contributed by atoms with Crippen LogP contribution in [0, 0.1) is 10.1 Å². The number of halogens is 1. The molecule has 0 bridgehead atoms. The molecular formula is C19H18BrN3O4S. The lowest BCUT2D eigenvalue weighted by molar-refractivity contribution is -0.383. The standard InChI is InChI=1S/C19H18BrN3O4S/c1-21-18(13-5-3-2-4-6-13)17(20)15-11-14(12-16(19(15)21)23(24)25)22-7-9-28(26,27)10-8-22/h2-6,11-12H,7-10H2,1H3. The van der Waals surface area contributed by atoms with Crippen molar-refractivity contribution in [2.45, 2.75) is 0 Å². The summed E-state index contributed by atoms with van der Waals surface area (Å²) in [5.74, 6) is 0.119. The number of rotatable bonds is 3. The molecule has 2 aromatic carbocycles. The number of non-ortho nitro benzene ring substituents is 1. The second-order valence-corrected chi connectivity index (χ2v) is 9.94. The van der Waals surface area contributed by atoms with Gasteiger partial charge in [0.25, 0.3) is 5.69 Å². The molecule has 1 aliphatic rings. The summed E-state index contributed by atoms with van der Waals surface area (Å²) >= 11 is 3.64. The van der Waals surface area contributed by atoms with Crippen molar-refractivity contribution in [3.8, 4) is 11.3 Å². The number of nitro benzene ring substituents is 1. The fourth-order valence-electron chi connectivity index (χ4n) is 3.72. The van der Waals surface area contributed by atoms with E-state index in [1.807, 2.05) is 52.9 Å². The topological polar surface area (TPSA) is 85.5 Å². The van der Waals surface area contributed by atoms with Crippen LogP contribution in [0.15, 0.2) is 46.9 Å². The van der Waals surface area contributed by atoms with Crippen molar-refractivity contribution in [1.29, 1.82) is 0 Å². The van der Waals surface area contributed by atoms with E-state index in [0.717, 1.165) is 21.1 Å². The highest BCUT2D eigenvalue weighted by Gasteiger charge is 2.27. The van der Waals surface area contributed by atoms with Gasteiger partial charge in [0.1, 0.15) is 5.52 Å². The Kier molecular flexibility index (Phi) is 4.67. The van der Waals surface area contributed by atoms with Crippen LogP contribution in [0.5, 0.6) is 0 Å². The lowest BCUT2D eigenvalue weighted by Crippen LogP contribution is -2.40. The van der Waals surface area contributed by atoms with Gasteiger partial charge in [-0.3, -0.25) is 10.1 Å². The molecule has 0 amide bonds. The average molecular weight is 464 g/mol. The average Bonchev–Trinajstić information content (AvgIpc) is 2.92. The smallest absolute Gasteiger partial charge is 0.295 e. The SMILES string of the molecule is Cn1c(-c2ccccc2)c(Br)c2cc(N3CCS(=O)(=O)CC3)cc([N+](=O)[O-])c21. The minimum absolute atomic E-state index is 0.00584. The van der Waals surface area contributed by atoms with Gasteiger partial charge in [-0.25, -0.2) is 8.42 Å². The van der Waals surface area contributed by atoms with Gasteiger partial charge in [0, 0.05) is 37.3 Å². The van der Waals surface area contributed by atoms with Crippen LogP contribution in [0.25, 0.3) is 22.2 Å². The number of sulfone groups is 1. The highest BCUT2D eigenvalue weighted by Crippen LogP contribution is 2.42. The van der Waals surface area contributed by atoms with Gasteiger partial charge >= 0.3 is 0 Å². The summed E-state index contributed by atoms with van der Waals surface area (Å²) in [5, 5.41) is 12.6. The van der Waals surface area contributed by atoms with Crippen LogP contribution in [-0.2, 0) is 16.9 Å². The Hall–Kier alpha value is -2.39. The second-order valence-electron chi connectivity index (χ2n) is 6.84. The van der Waals surface area contributed by atoms with E-state index in [4.69, 9.17) is 0 Å². The maximum atomic E-state index is 11.8.